The second-order valence-corrected chi connectivity index (χ2v) is 4.61. The number of nitrogens with two attached hydrogens (primary N) is 1. The van der Waals surface area contributed by atoms with Crippen LogP contribution in [0.5, 0.6) is 11.8 Å². The molecule has 18 heavy (non-hydrogen) atoms. The standard InChI is InChI=1S/C11H7Cl2N3OS/c12-6-3-7(13)5-8(4-6)17-11-15-2-1-9(16-11)10(14)18/h1-5H,(H2,14,18). The van der Waals surface area contributed by atoms with Gasteiger partial charge in [0.15, 0.2) is 0 Å². The molecule has 0 amide bonds. The molecular formula is C11H7Cl2N3OS. The van der Waals surface area contributed by atoms with Gasteiger partial charge < -0.3 is 10.5 Å². The lowest BCUT2D eigenvalue weighted by Crippen LogP contribution is -2.12. The Morgan fingerprint density at radius 3 is 2.50 bits per heavy atom. The Bertz CT molecular complexity index is 586. The van der Waals surface area contributed by atoms with Gasteiger partial charge in [0.05, 0.1) is 0 Å². The fourth-order valence-corrected chi connectivity index (χ4v) is 1.84. The minimum atomic E-state index is 0.124. The van der Waals surface area contributed by atoms with E-state index in [1.807, 2.05) is 0 Å². The van der Waals surface area contributed by atoms with E-state index < -0.39 is 0 Å². The number of nitrogens with zero attached hydrogens (tertiary/aromatic N) is 2. The molecule has 1 aromatic heterocycles. The van der Waals surface area contributed by atoms with E-state index in [9.17, 15) is 0 Å². The van der Waals surface area contributed by atoms with E-state index in [4.69, 9.17) is 45.9 Å². The van der Waals surface area contributed by atoms with E-state index in [1.165, 1.54) is 6.20 Å². The maximum atomic E-state index is 5.85. The smallest absolute Gasteiger partial charge is 0.322 e. The highest BCUT2D eigenvalue weighted by Crippen LogP contribution is 2.26. The third-order valence-electron chi connectivity index (χ3n) is 1.93. The average Bonchev–Trinajstić information content (AvgIpc) is 2.27. The molecule has 0 saturated heterocycles. The topological polar surface area (TPSA) is 61.0 Å². The highest BCUT2D eigenvalue weighted by molar-refractivity contribution is 7.80. The first-order chi connectivity index (χ1) is 8.54. The molecule has 0 unspecified atom stereocenters. The van der Waals surface area contributed by atoms with Crippen LogP contribution in [0.4, 0.5) is 0 Å². The van der Waals surface area contributed by atoms with Gasteiger partial charge in [-0.2, -0.15) is 4.98 Å². The molecule has 92 valence electrons. The molecule has 0 atom stereocenters. The summed E-state index contributed by atoms with van der Waals surface area (Å²) in [4.78, 5) is 8.16. The van der Waals surface area contributed by atoms with Crippen molar-refractivity contribution in [1.29, 1.82) is 0 Å². The first-order valence-electron chi connectivity index (χ1n) is 4.81. The lowest BCUT2D eigenvalue weighted by Gasteiger charge is -2.05. The fourth-order valence-electron chi connectivity index (χ4n) is 1.22. The molecule has 0 aliphatic carbocycles. The van der Waals surface area contributed by atoms with Gasteiger partial charge in [0.1, 0.15) is 16.4 Å². The van der Waals surface area contributed by atoms with Crippen molar-refractivity contribution >= 4 is 40.4 Å². The van der Waals surface area contributed by atoms with Gasteiger partial charge in [-0.1, -0.05) is 35.4 Å². The van der Waals surface area contributed by atoms with Gasteiger partial charge in [0, 0.05) is 16.2 Å². The number of thiocarbonyl (C=S) groups is 1. The summed E-state index contributed by atoms with van der Waals surface area (Å²) in [5.74, 6) is 0.438. The monoisotopic (exact) mass is 299 g/mol. The molecule has 0 aliphatic rings. The molecule has 0 spiro atoms. The van der Waals surface area contributed by atoms with Crippen LogP contribution in [0, 0.1) is 0 Å². The van der Waals surface area contributed by atoms with Crippen molar-refractivity contribution in [2.24, 2.45) is 5.73 Å². The third kappa shape index (κ3) is 3.29. The third-order valence-corrected chi connectivity index (χ3v) is 2.58. The van der Waals surface area contributed by atoms with Crippen LogP contribution in [0.15, 0.2) is 30.5 Å². The lowest BCUT2D eigenvalue weighted by atomic mass is 10.3. The van der Waals surface area contributed by atoms with E-state index in [2.05, 4.69) is 9.97 Å². The van der Waals surface area contributed by atoms with Gasteiger partial charge in [0.25, 0.3) is 0 Å². The lowest BCUT2D eigenvalue weighted by molar-refractivity contribution is 0.441. The van der Waals surface area contributed by atoms with E-state index in [0.29, 0.717) is 21.5 Å². The number of ether oxygens (including phenoxy) is 1. The van der Waals surface area contributed by atoms with Gasteiger partial charge >= 0.3 is 6.01 Å². The minimum absolute atomic E-state index is 0.124. The maximum Gasteiger partial charge on any atom is 0.322 e. The SMILES string of the molecule is NC(=S)c1ccnc(Oc2cc(Cl)cc(Cl)c2)n1. The minimum Gasteiger partial charge on any atom is -0.424 e. The predicted molar refractivity (Wildman–Crippen MR) is 74.5 cm³/mol. The Kier molecular flexibility index (Phi) is 3.96. The van der Waals surface area contributed by atoms with Crippen LogP contribution in [-0.4, -0.2) is 15.0 Å². The number of hydrogen-bond acceptors (Lipinski definition) is 4. The van der Waals surface area contributed by atoms with Gasteiger partial charge in [-0.3, -0.25) is 0 Å². The van der Waals surface area contributed by atoms with Crippen molar-refractivity contribution in [1.82, 2.24) is 9.97 Å². The van der Waals surface area contributed by atoms with Crippen LogP contribution in [0.1, 0.15) is 5.69 Å². The van der Waals surface area contributed by atoms with Gasteiger partial charge in [-0.05, 0) is 24.3 Å². The summed E-state index contributed by atoms with van der Waals surface area (Å²) in [7, 11) is 0. The number of benzene rings is 1. The summed E-state index contributed by atoms with van der Waals surface area (Å²) in [6, 6.07) is 6.52. The molecule has 0 radical (unpaired) electrons. The van der Waals surface area contributed by atoms with Crippen LogP contribution in [0.2, 0.25) is 10.0 Å². The van der Waals surface area contributed by atoms with Crippen molar-refractivity contribution in [3.8, 4) is 11.8 Å². The molecule has 0 aliphatic heterocycles. The van der Waals surface area contributed by atoms with Crippen LogP contribution in [0.25, 0.3) is 0 Å². The summed E-state index contributed by atoms with van der Waals surface area (Å²) in [5.41, 5.74) is 5.90. The fraction of sp³-hybridized carbons (Fsp3) is 0. The zero-order valence-corrected chi connectivity index (χ0v) is 11.3. The summed E-state index contributed by atoms with van der Waals surface area (Å²) >= 11 is 16.5. The first kappa shape index (κ1) is 13.0. The Balaban J connectivity index is 2.28. The average molecular weight is 300 g/mol. The Morgan fingerprint density at radius 2 is 1.89 bits per heavy atom. The number of rotatable bonds is 3. The number of halogens is 2. The maximum absolute atomic E-state index is 5.85. The molecule has 2 N–H and O–H groups in total. The normalized spacial score (nSPS) is 10.1. The van der Waals surface area contributed by atoms with Crippen LogP contribution in [0.3, 0.4) is 0 Å². The van der Waals surface area contributed by atoms with Crippen molar-refractivity contribution in [3.63, 3.8) is 0 Å². The highest BCUT2D eigenvalue weighted by atomic mass is 35.5. The van der Waals surface area contributed by atoms with E-state index in [0.717, 1.165) is 0 Å². The van der Waals surface area contributed by atoms with Gasteiger partial charge in [0.2, 0.25) is 0 Å². The molecular weight excluding hydrogens is 293 g/mol. The molecule has 0 fully saturated rings. The molecule has 0 saturated carbocycles. The van der Waals surface area contributed by atoms with E-state index in [-0.39, 0.29) is 11.0 Å². The van der Waals surface area contributed by atoms with Crippen LogP contribution in [-0.2, 0) is 0 Å². The summed E-state index contributed by atoms with van der Waals surface area (Å²) in [6.07, 6.45) is 1.50. The largest absolute Gasteiger partial charge is 0.424 e. The van der Waals surface area contributed by atoms with Crippen molar-refractivity contribution in [3.05, 3.63) is 46.2 Å². The van der Waals surface area contributed by atoms with Crippen molar-refractivity contribution < 1.29 is 4.74 Å². The van der Waals surface area contributed by atoms with Crippen molar-refractivity contribution in [2.75, 3.05) is 0 Å². The van der Waals surface area contributed by atoms with Crippen molar-refractivity contribution in [2.45, 2.75) is 0 Å². The molecule has 2 rings (SSSR count). The van der Waals surface area contributed by atoms with Gasteiger partial charge in [-0.25, -0.2) is 4.98 Å². The summed E-state index contributed by atoms with van der Waals surface area (Å²) < 4.78 is 5.42. The molecule has 4 nitrogen and oxygen atoms in total. The molecule has 1 aromatic carbocycles. The molecule has 0 bridgehead atoms. The summed E-state index contributed by atoms with van der Waals surface area (Å²) in [6.45, 7) is 0. The Hall–Kier alpha value is -1.43. The Morgan fingerprint density at radius 1 is 1.22 bits per heavy atom. The second kappa shape index (κ2) is 5.48. The first-order valence-corrected chi connectivity index (χ1v) is 5.98. The van der Waals surface area contributed by atoms with Gasteiger partial charge in [-0.15, -0.1) is 0 Å². The Labute approximate surface area is 119 Å². The molecule has 2 aromatic rings. The highest BCUT2D eigenvalue weighted by Gasteiger charge is 2.05. The zero-order valence-electron chi connectivity index (χ0n) is 8.93. The van der Waals surface area contributed by atoms with Crippen LogP contribution < -0.4 is 10.5 Å². The quantitative estimate of drug-likeness (QED) is 0.882. The second-order valence-electron chi connectivity index (χ2n) is 3.30. The van der Waals surface area contributed by atoms with E-state index in [1.54, 1.807) is 24.3 Å². The number of hydrogen-bond donors (Lipinski definition) is 1. The predicted octanol–water partition coefficient (Wildman–Crippen LogP) is 3.21. The summed E-state index contributed by atoms with van der Waals surface area (Å²) in [5, 5.41) is 0.922. The van der Waals surface area contributed by atoms with E-state index >= 15 is 0 Å². The number of aromatic nitrogens is 2. The zero-order chi connectivity index (χ0) is 13.1. The molecule has 1 heterocycles. The van der Waals surface area contributed by atoms with Crippen LogP contribution >= 0.6 is 35.4 Å². The molecule has 7 heteroatoms.